The molecule has 0 saturated carbocycles. The van der Waals surface area contributed by atoms with E-state index in [1.807, 2.05) is 12.1 Å². The lowest BCUT2D eigenvalue weighted by atomic mass is 10.1. The lowest BCUT2D eigenvalue weighted by molar-refractivity contribution is 0.498. The van der Waals surface area contributed by atoms with Crippen molar-refractivity contribution in [2.75, 3.05) is 5.32 Å². The Hall–Kier alpha value is -1.70. The fourth-order valence-corrected chi connectivity index (χ4v) is 2.21. The third-order valence-electron chi connectivity index (χ3n) is 3.27. The van der Waals surface area contributed by atoms with E-state index in [1.165, 1.54) is 30.5 Å². The summed E-state index contributed by atoms with van der Waals surface area (Å²) >= 11 is 0. The first-order valence-corrected chi connectivity index (χ1v) is 7.16. The fraction of sp³-hybridized carbons (Fsp3) is 0.412. The van der Waals surface area contributed by atoms with Crippen LogP contribution in [0.3, 0.4) is 0 Å². The standard InChI is InChI=1S/C17H23NO/c1-3-4-6-15-8-10-16(11-9-15)18-14(2)13-17-7-5-12-19-17/h5,7-12,14,18H,3-4,6,13H2,1-2H3. The Kier molecular flexibility index (Phi) is 5.08. The van der Waals surface area contributed by atoms with Crippen LogP contribution >= 0.6 is 0 Å². The minimum atomic E-state index is 0.368. The zero-order chi connectivity index (χ0) is 13.5. The van der Waals surface area contributed by atoms with E-state index >= 15 is 0 Å². The molecule has 1 N–H and O–H groups in total. The molecule has 0 radical (unpaired) electrons. The summed E-state index contributed by atoms with van der Waals surface area (Å²) in [5.41, 5.74) is 2.60. The molecule has 0 fully saturated rings. The third kappa shape index (κ3) is 4.47. The number of unbranched alkanes of at least 4 members (excludes halogenated alkanes) is 1. The lowest BCUT2D eigenvalue weighted by Gasteiger charge is -2.14. The maximum Gasteiger partial charge on any atom is 0.105 e. The predicted molar refractivity (Wildman–Crippen MR) is 80.6 cm³/mol. The Morgan fingerprint density at radius 1 is 1.16 bits per heavy atom. The summed E-state index contributed by atoms with van der Waals surface area (Å²) in [5, 5.41) is 3.50. The van der Waals surface area contributed by atoms with Gasteiger partial charge in [0.15, 0.2) is 0 Å². The van der Waals surface area contributed by atoms with Gasteiger partial charge in [0, 0.05) is 18.2 Å². The minimum absolute atomic E-state index is 0.368. The van der Waals surface area contributed by atoms with Crippen LogP contribution < -0.4 is 5.32 Å². The Morgan fingerprint density at radius 3 is 2.58 bits per heavy atom. The number of anilines is 1. The van der Waals surface area contributed by atoms with Gasteiger partial charge in [-0.25, -0.2) is 0 Å². The fourth-order valence-electron chi connectivity index (χ4n) is 2.21. The molecule has 2 heteroatoms. The number of aryl methyl sites for hydroxylation is 1. The van der Waals surface area contributed by atoms with Gasteiger partial charge < -0.3 is 9.73 Å². The highest BCUT2D eigenvalue weighted by molar-refractivity contribution is 5.45. The molecule has 0 aliphatic carbocycles. The number of furan rings is 1. The molecule has 2 rings (SSSR count). The van der Waals surface area contributed by atoms with E-state index in [2.05, 4.69) is 43.4 Å². The van der Waals surface area contributed by atoms with Gasteiger partial charge in [-0.05, 0) is 49.6 Å². The molecule has 102 valence electrons. The van der Waals surface area contributed by atoms with E-state index in [0.717, 1.165) is 12.2 Å². The highest BCUT2D eigenvalue weighted by Gasteiger charge is 2.05. The van der Waals surface area contributed by atoms with Gasteiger partial charge in [-0.2, -0.15) is 0 Å². The normalized spacial score (nSPS) is 12.3. The monoisotopic (exact) mass is 257 g/mol. The van der Waals surface area contributed by atoms with Crippen molar-refractivity contribution in [3.05, 3.63) is 54.0 Å². The molecule has 1 aromatic heterocycles. The molecule has 2 nitrogen and oxygen atoms in total. The van der Waals surface area contributed by atoms with E-state index in [-0.39, 0.29) is 0 Å². The molecule has 0 aliphatic rings. The smallest absolute Gasteiger partial charge is 0.105 e. The van der Waals surface area contributed by atoms with Crippen molar-refractivity contribution in [1.29, 1.82) is 0 Å². The van der Waals surface area contributed by atoms with E-state index < -0.39 is 0 Å². The van der Waals surface area contributed by atoms with Crippen LogP contribution in [0.1, 0.15) is 38.0 Å². The summed E-state index contributed by atoms with van der Waals surface area (Å²) in [6.45, 7) is 4.40. The second-order valence-electron chi connectivity index (χ2n) is 5.13. The number of hydrogen-bond acceptors (Lipinski definition) is 2. The van der Waals surface area contributed by atoms with Crippen LogP contribution in [0.2, 0.25) is 0 Å². The van der Waals surface area contributed by atoms with Gasteiger partial charge in [0.25, 0.3) is 0 Å². The van der Waals surface area contributed by atoms with Gasteiger partial charge in [-0.15, -0.1) is 0 Å². The summed E-state index contributed by atoms with van der Waals surface area (Å²) in [5.74, 6) is 1.03. The van der Waals surface area contributed by atoms with E-state index in [4.69, 9.17) is 4.42 Å². The van der Waals surface area contributed by atoms with Crippen molar-refractivity contribution in [3.8, 4) is 0 Å². The Bertz CT molecular complexity index is 459. The van der Waals surface area contributed by atoms with Gasteiger partial charge in [0.05, 0.1) is 6.26 Å². The highest BCUT2D eigenvalue weighted by Crippen LogP contribution is 2.14. The van der Waals surface area contributed by atoms with Crippen molar-refractivity contribution in [2.45, 2.75) is 45.6 Å². The van der Waals surface area contributed by atoms with Crippen LogP contribution in [0, 0.1) is 0 Å². The predicted octanol–water partition coefficient (Wildman–Crippen LogP) is 4.67. The average Bonchev–Trinajstić information content (AvgIpc) is 2.90. The van der Waals surface area contributed by atoms with Crippen molar-refractivity contribution in [3.63, 3.8) is 0 Å². The summed E-state index contributed by atoms with van der Waals surface area (Å²) in [7, 11) is 0. The zero-order valence-corrected chi connectivity index (χ0v) is 11.9. The maximum absolute atomic E-state index is 5.37. The van der Waals surface area contributed by atoms with Crippen molar-refractivity contribution in [2.24, 2.45) is 0 Å². The molecule has 1 heterocycles. The van der Waals surface area contributed by atoms with Crippen molar-refractivity contribution >= 4 is 5.69 Å². The van der Waals surface area contributed by atoms with Gasteiger partial charge in [-0.1, -0.05) is 25.5 Å². The topological polar surface area (TPSA) is 25.2 Å². The largest absolute Gasteiger partial charge is 0.469 e. The number of nitrogens with one attached hydrogen (secondary N) is 1. The zero-order valence-electron chi connectivity index (χ0n) is 11.9. The van der Waals surface area contributed by atoms with Gasteiger partial charge >= 0.3 is 0 Å². The van der Waals surface area contributed by atoms with Crippen LogP contribution in [0.5, 0.6) is 0 Å². The second-order valence-corrected chi connectivity index (χ2v) is 5.13. The number of hydrogen-bond donors (Lipinski definition) is 1. The number of benzene rings is 1. The van der Waals surface area contributed by atoms with E-state index in [1.54, 1.807) is 6.26 Å². The van der Waals surface area contributed by atoms with E-state index in [9.17, 15) is 0 Å². The first-order valence-electron chi connectivity index (χ1n) is 7.16. The van der Waals surface area contributed by atoms with E-state index in [0.29, 0.717) is 6.04 Å². The molecular formula is C17H23NO. The quantitative estimate of drug-likeness (QED) is 0.780. The molecule has 0 spiro atoms. The van der Waals surface area contributed by atoms with Crippen LogP contribution in [0.15, 0.2) is 47.1 Å². The maximum atomic E-state index is 5.37. The molecule has 0 amide bonds. The average molecular weight is 257 g/mol. The highest BCUT2D eigenvalue weighted by atomic mass is 16.3. The van der Waals surface area contributed by atoms with Crippen LogP contribution in [-0.4, -0.2) is 6.04 Å². The molecule has 0 saturated heterocycles. The molecule has 1 atom stereocenters. The SMILES string of the molecule is CCCCc1ccc(NC(C)Cc2ccco2)cc1. The molecule has 0 bridgehead atoms. The van der Waals surface area contributed by atoms with Crippen LogP contribution in [-0.2, 0) is 12.8 Å². The third-order valence-corrected chi connectivity index (χ3v) is 3.27. The van der Waals surface area contributed by atoms with Crippen LogP contribution in [0.4, 0.5) is 5.69 Å². The second kappa shape index (κ2) is 7.03. The summed E-state index contributed by atoms with van der Waals surface area (Å²) < 4.78 is 5.37. The first-order chi connectivity index (χ1) is 9.28. The molecular weight excluding hydrogens is 234 g/mol. The Balaban J connectivity index is 1.84. The Morgan fingerprint density at radius 2 is 1.95 bits per heavy atom. The van der Waals surface area contributed by atoms with Crippen molar-refractivity contribution < 1.29 is 4.42 Å². The van der Waals surface area contributed by atoms with Crippen molar-refractivity contribution in [1.82, 2.24) is 0 Å². The van der Waals surface area contributed by atoms with Gasteiger partial charge in [-0.3, -0.25) is 0 Å². The summed E-state index contributed by atoms with van der Waals surface area (Å²) in [6, 6.07) is 13.1. The number of rotatable bonds is 7. The first kappa shape index (κ1) is 13.7. The van der Waals surface area contributed by atoms with Crippen LogP contribution in [0.25, 0.3) is 0 Å². The molecule has 2 aromatic rings. The molecule has 1 aromatic carbocycles. The minimum Gasteiger partial charge on any atom is -0.469 e. The van der Waals surface area contributed by atoms with Gasteiger partial charge in [0.2, 0.25) is 0 Å². The molecule has 1 unspecified atom stereocenters. The van der Waals surface area contributed by atoms with Gasteiger partial charge in [0.1, 0.15) is 5.76 Å². The molecule has 19 heavy (non-hydrogen) atoms. The lowest BCUT2D eigenvalue weighted by Crippen LogP contribution is -2.17. The summed E-state index contributed by atoms with van der Waals surface area (Å²) in [4.78, 5) is 0. The molecule has 0 aliphatic heterocycles. The Labute approximate surface area is 115 Å². The summed E-state index contributed by atoms with van der Waals surface area (Å²) in [6.07, 6.45) is 6.33.